The van der Waals surface area contributed by atoms with E-state index in [1.165, 1.54) is 12.1 Å². The van der Waals surface area contributed by atoms with Gasteiger partial charge in [0.1, 0.15) is 11.6 Å². The fourth-order valence-electron chi connectivity index (χ4n) is 3.68. The summed E-state index contributed by atoms with van der Waals surface area (Å²) in [5, 5.41) is 0.664. The SMILES string of the molecule is Fc1ccc(COC2CC3CN(c4ccc(Cl)cn4)CCN3C2)cc1. The van der Waals surface area contributed by atoms with Crippen LogP contribution >= 0.6 is 11.6 Å². The van der Waals surface area contributed by atoms with E-state index < -0.39 is 0 Å². The summed E-state index contributed by atoms with van der Waals surface area (Å²) in [5.41, 5.74) is 1.01. The molecule has 2 saturated heterocycles. The fraction of sp³-hybridized carbons (Fsp3) is 0.421. The van der Waals surface area contributed by atoms with Gasteiger partial charge in [-0.15, -0.1) is 0 Å². The van der Waals surface area contributed by atoms with E-state index in [9.17, 15) is 4.39 Å². The standard InChI is InChI=1S/C19H21ClFN3O/c20-15-3-6-19(22-10-15)24-8-7-23-12-18(9-17(23)11-24)25-13-14-1-4-16(21)5-2-14/h1-6,10,17-18H,7-9,11-13H2. The number of ether oxygens (including phenoxy) is 1. The maximum absolute atomic E-state index is 13.0. The molecule has 2 aliphatic heterocycles. The summed E-state index contributed by atoms with van der Waals surface area (Å²) in [6.45, 7) is 4.45. The van der Waals surface area contributed by atoms with Gasteiger partial charge in [-0.2, -0.15) is 0 Å². The first kappa shape index (κ1) is 16.8. The second-order valence-electron chi connectivity index (χ2n) is 6.72. The van der Waals surface area contributed by atoms with Crippen LogP contribution in [0.5, 0.6) is 0 Å². The molecular formula is C19H21ClFN3O. The Kier molecular flexibility index (Phi) is 4.88. The Hall–Kier alpha value is -1.69. The molecule has 25 heavy (non-hydrogen) atoms. The lowest BCUT2D eigenvalue weighted by molar-refractivity contribution is 0.0469. The molecule has 2 fully saturated rings. The van der Waals surface area contributed by atoms with E-state index in [0.29, 0.717) is 17.7 Å². The lowest BCUT2D eigenvalue weighted by Crippen LogP contribution is -2.50. The van der Waals surface area contributed by atoms with E-state index in [2.05, 4.69) is 14.8 Å². The van der Waals surface area contributed by atoms with Gasteiger partial charge >= 0.3 is 0 Å². The molecule has 2 aliphatic rings. The van der Waals surface area contributed by atoms with Crippen LogP contribution in [-0.4, -0.2) is 48.2 Å². The van der Waals surface area contributed by atoms with Crippen molar-refractivity contribution in [3.63, 3.8) is 0 Å². The smallest absolute Gasteiger partial charge is 0.128 e. The Morgan fingerprint density at radius 1 is 1.12 bits per heavy atom. The van der Waals surface area contributed by atoms with Gasteiger partial charge in [-0.3, -0.25) is 4.90 Å². The van der Waals surface area contributed by atoms with Gasteiger partial charge < -0.3 is 9.64 Å². The molecule has 6 heteroatoms. The zero-order valence-corrected chi connectivity index (χ0v) is 14.7. The highest BCUT2D eigenvalue weighted by molar-refractivity contribution is 6.30. The summed E-state index contributed by atoms with van der Waals surface area (Å²) >= 11 is 5.93. The maximum Gasteiger partial charge on any atom is 0.128 e. The van der Waals surface area contributed by atoms with Crippen molar-refractivity contribution in [2.24, 2.45) is 0 Å². The summed E-state index contributed by atoms with van der Waals surface area (Å²) in [6.07, 6.45) is 2.95. The first-order valence-electron chi connectivity index (χ1n) is 8.64. The molecule has 0 amide bonds. The highest BCUT2D eigenvalue weighted by Gasteiger charge is 2.36. The van der Waals surface area contributed by atoms with Crippen LogP contribution in [0, 0.1) is 5.82 Å². The molecule has 2 aromatic rings. The van der Waals surface area contributed by atoms with E-state index in [4.69, 9.17) is 16.3 Å². The van der Waals surface area contributed by atoms with Crippen LogP contribution in [-0.2, 0) is 11.3 Å². The van der Waals surface area contributed by atoms with Crippen molar-refractivity contribution in [1.82, 2.24) is 9.88 Å². The molecule has 0 saturated carbocycles. The van der Waals surface area contributed by atoms with Gasteiger partial charge in [-0.05, 0) is 36.2 Å². The van der Waals surface area contributed by atoms with E-state index in [1.54, 1.807) is 18.3 Å². The molecule has 132 valence electrons. The van der Waals surface area contributed by atoms with Gasteiger partial charge in [0, 0.05) is 38.4 Å². The average molecular weight is 362 g/mol. The van der Waals surface area contributed by atoms with Crippen molar-refractivity contribution in [2.45, 2.75) is 25.2 Å². The first-order chi connectivity index (χ1) is 12.2. The van der Waals surface area contributed by atoms with Crippen LogP contribution in [0.1, 0.15) is 12.0 Å². The van der Waals surface area contributed by atoms with Crippen LogP contribution < -0.4 is 4.90 Å². The molecule has 0 N–H and O–H groups in total. The van der Waals surface area contributed by atoms with Crippen molar-refractivity contribution in [3.05, 3.63) is 59.0 Å². The van der Waals surface area contributed by atoms with Crippen molar-refractivity contribution in [2.75, 3.05) is 31.1 Å². The Balaban J connectivity index is 1.32. The van der Waals surface area contributed by atoms with Gasteiger partial charge in [-0.25, -0.2) is 9.37 Å². The molecule has 0 bridgehead atoms. The number of nitrogens with zero attached hydrogens (tertiary/aromatic N) is 3. The highest BCUT2D eigenvalue weighted by atomic mass is 35.5. The Morgan fingerprint density at radius 3 is 2.72 bits per heavy atom. The predicted molar refractivity (Wildman–Crippen MR) is 96.4 cm³/mol. The zero-order valence-electron chi connectivity index (χ0n) is 13.9. The molecule has 0 spiro atoms. The molecule has 0 aliphatic carbocycles. The van der Waals surface area contributed by atoms with E-state index in [0.717, 1.165) is 44.0 Å². The third-order valence-corrected chi connectivity index (χ3v) is 5.24. The molecule has 3 heterocycles. The monoisotopic (exact) mass is 361 g/mol. The minimum Gasteiger partial charge on any atom is -0.372 e. The Bertz CT molecular complexity index is 710. The minimum absolute atomic E-state index is 0.211. The highest BCUT2D eigenvalue weighted by Crippen LogP contribution is 2.27. The molecule has 2 atom stereocenters. The van der Waals surface area contributed by atoms with Gasteiger partial charge in [0.2, 0.25) is 0 Å². The number of aromatic nitrogens is 1. The van der Waals surface area contributed by atoms with Gasteiger partial charge in [0.05, 0.1) is 17.7 Å². The average Bonchev–Trinajstić information content (AvgIpc) is 3.04. The number of fused-ring (bicyclic) bond motifs is 1. The molecule has 1 aromatic carbocycles. The van der Waals surface area contributed by atoms with E-state index in [1.807, 2.05) is 12.1 Å². The second-order valence-corrected chi connectivity index (χ2v) is 7.16. The van der Waals surface area contributed by atoms with E-state index in [-0.39, 0.29) is 11.9 Å². The quantitative estimate of drug-likeness (QED) is 0.835. The number of benzene rings is 1. The lowest BCUT2D eigenvalue weighted by atomic mass is 10.1. The molecule has 1 aromatic heterocycles. The van der Waals surface area contributed by atoms with Gasteiger partial charge in [0.15, 0.2) is 0 Å². The molecule has 2 unspecified atom stereocenters. The van der Waals surface area contributed by atoms with Crippen LogP contribution in [0.15, 0.2) is 42.6 Å². The zero-order chi connectivity index (χ0) is 17.2. The van der Waals surface area contributed by atoms with Gasteiger partial charge in [0.25, 0.3) is 0 Å². The normalized spacial score (nSPS) is 23.7. The number of hydrogen-bond donors (Lipinski definition) is 0. The number of anilines is 1. The molecule has 0 radical (unpaired) electrons. The number of piperazine rings is 1. The summed E-state index contributed by atoms with van der Waals surface area (Å²) in [4.78, 5) is 9.25. The van der Waals surface area contributed by atoms with Crippen molar-refractivity contribution < 1.29 is 9.13 Å². The van der Waals surface area contributed by atoms with Gasteiger partial charge in [-0.1, -0.05) is 23.7 Å². The van der Waals surface area contributed by atoms with Crippen molar-refractivity contribution in [3.8, 4) is 0 Å². The number of halogens is 2. The summed E-state index contributed by atoms with van der Waals surface area (Å²) < 4.78 is 19.0. The van der Waals surface area contributed by atoms with E-state index >= 15 is 0 Å². The van der Waals surface area contributed by atoms with Crippen LogP contribution in [0.2, 0.25) is 5.02 Å². The second kappa shape index (κ2) is 7.28. The Morgan fingerprint density at radius 2 is 1.96 bits per heavy atom. The largest absolute Gasteiger partial charge is 0.372 e. The topological polar surface area (TPSA) is 28.6 Å². The fourth-order valence-corrected chi connectivity index (χ4v) is 3.79. The number of rotatable bonds is 4. The van der Waals surface area contributed by atoms with Crippen LogP contribution in [0.3, 0.4) is 0 Å². The summed E-state index contributed by atoms with van der Waals surface area (Å²) in [7, 11) is 0. The van der Waals surface area contributed by atoms with Crippen LogP contribution in [0.4, 0.5) is 10.2 Å². The molecule has 4 nitrogen and oxygen atoms in total. The number of hydrogen-bond acceptors (Lipinski definition) is 4. The summed E-state index contributed by atoms with van der Waals surface area (Å²) in [5.74, 6) is 0.775. The number of pyridine rings is 1. The minimum atomic E-state index is -0.211. The molecular weight excluding hydrogens is 341 g/mol. The Labute approximate surface area is 152 Å². The first-order valence-corrected chi connectivity index (χ1v) is 9.02. The van der Waals surface area contributed by atoms with Crippen LogP contribution in [0.25, 0.3) is 0 Å². The summed E-state index contributed by atoms with van der Waals surface area (Å²) in [6, 6.07) is 10.9. The maximum atomic E-state index is 13.0. The third-order valence-electron chi connectivity index (χ3n) is 5.01. The lowest BCUT2D eigenvalue weighted by Gasteiger charge is -2.37. The molecule has 4 rings (SSSR count). The van der Waals surface area contributed by atoms with Crippen molar-refractivity contribution >= 4 is 17.4 Å². The predicted octanol–water partition coefficient (Wildman–Crippen LogP) is 3.35. The van der Waals surface area contributed by atoms with Crippen molar-refractivity contribution in [1.29, 1.82) is 0 Å². The third kappa shape index (κ3) is 3.94.